The molecule has 10 heteroatoms. The van der Waals surface area contributed by atoms with Crippen molar-refractivity contribution in [2.24, 2.45) is 0 Å². The Morgan fingerprint density at radius 2 is 1.71 bits per heavy atom. The first-order valence-electron chi connectivity index (χ1n) is 11.1. The molecule has 172 valence electrons. The lowest BCUT2D eigenvalue weighted by molar-refractivity contribution is -0.116. The molecule has 0 spiro atoms. The maximum Gasteiger partial charge on any atom is 0.329 e. The summed E-state index contributed by atoms with van der Waals surface area (Å²) in [6.07, 6.45) is 3.72. The van der Waals surface area contributed by atoms with Crippen LogP contribution in [0.5, 0.6) is 0 Å². The molecule has 0 bridgehead atoms. The van der Waals surface area contributed by atoms with E-state index in [1.165, 1.54) is 17.2 Å². The molecule has 5 aromatic rings. The molecule has 34 heavy (non-hydrogen) atoms. The van der Waals surface area contributed by atoms with Gasteiger partial charge in [0, 0.05) is 19.5 Å². The molecule has 0 saturated carbocycles. The Morgan fingerprint density at radius 1 is 1.00 bits per heavy atom. The second-order valence-corrected chi connectivity index (χ2v) is 7.92. The van der Waals surface area contributed by atoms with Gasteiger partial charge in [-0.25, -0.2) is 14.5 Å². The number of para-hydroxylation sites is 4. The summed E-state index contributed by atoms with van der Waals surface area (Å²) < 4.78 is 4.91. The van der Waals surface area contributed by atoms with Crippen molar-refractivity contribution in [1.29, 1.82) is 0 Å². The highest BCUT2D eigenvalue weighted by molar-refractivity contribution is 5.93. The molecular weight excluding hydrogens is 434 g/mol. The van der Waals surface area contributed by atoms with Gasteiger partial charge in [-0.1, -0.05) is 31.2 Å². The fourth-order valence-corrected chi connectivity index (χ4v) is 4.15. The molecule has 2 aromatic carbocycles. The molecule has 0 unspecified atom stereocenters. The first kappa shape index (κ1) is 21.4. The largest absolute Gasteiger partial charge is 0.329 e. The van der Waals surface area contributed by atoms with Crippen molar-refractivity contribution in [3.05, 3.63) is 81.9 Å². The van der Waals surface area contributed by atoms with Gasteiger partial charge in [0.25, 0.3) is 5.56 Å². The summed E-state index contributed by atoms with van der Waals surface area (Å²) in [7, 11) is 0. The molecule has 0 aliphatic carbocycles. The number of carbonyl (C=O) groups excluding carboxylic acids is 1. The van der Waals surface area contributed by atoms with Gasteiger partial charge >= 0.3 is 5.69 Å². The van der Waals surface area contributed by atoms with Crippen molar-refractivity contribution in [2.45, 2.75) is 32.9 Å². The van der Waals surface area contributed by atoms with E-state index in [2.05, 4.69) is 20.4 Å². The van der Waals surface area contributed by atoms with Gasteiger partial charge in [-0.15, -0.1) is 0 Å². The number of amides is 1. The normalized spacial score (nSPS) is 11.3. The van der Waals surface area contributed by atoms with Crippen LogP contribution in [0.15, 0.2) is 70.6 Å². The topological polar surface area (TPSA) is 120 Å². The third-order valence-electron chi connectivity index (χ3n) is 5.71. The van der Waals surface area contributed by atoms with E-state index in [0.717, 1.165) is 17.5 Å². The molecule has 0 fully saturated rings. The number of nitrogens with one attached hydrogen (secondary N) is 2. The number of benzene rings is 2. The van der Waals surface area contributed by atoms with Crippen molar-refractivity contribution in [3.8, 4) is 5.69 Å². The van der Waals surface area contributed by atoms with E-state index < -0.39 is 0 Å². The van der Waals surface area contributed by atoms with E-state index >= 15 is 0 Å². The van der Waals surface area contributed by atoms with Gasteiger partial charge in [0.2, 0.25) is 5.91 Å². The zero-order valence-electron chi connectivity index (χ0n) is 18.6. The molecule has 0 saturated heterocycles. The van der Waals surface area contributed by atoms with E-state index in [0.29, 0.717) is 29.0 Å². The van der Waals surface area contributed by atoms with Crippen LogP contribution >= 0.6 is 0 Å². The van der Waals surface area contributed by atoms with Crippen LogP contribution in [0.25, 0.3) is 27.8 Å². The number of aromatic nitrogens is 6. The smallest absolute Gasteiger partial charge is 0.324 e. The van der Waals surface area contributed by atoms with E-state index in [1.807, 2.05) is 37.3 Å². The molecule has 10 nitrogen and oxygen atoms in total. The van der Waals surface area contributed by atoms with Crippen molar-refractivity contribution >= 4 is 33.7 Å². The van der Waals surface area contributed by atoms with Gasteiger partial charge in [0.1, 0.15) is 5.39 Å². The second-order valence-electron chi connectivity index (χ2n) is 7.92. The summed E-state index contributed by atoms with van der Waals surface area (Å²) in [5.74, 6) is -0.242. The van der Waals surface area contributed by atoms with Gasteiger partial charge in [0.15, 0.2) is 5.65 Å². The lowest BCUT2D eigenvalue weighted by Gasteiger charge is -2.12. The minimum atomic E-state index is -0.287. The number of aromatic amines is 1. The van der Waals surface area contributed by atoms with Crippen LogP contribution in [0.3, 0.4) is 0 Å². The fourth-order valence-electron chi connectivity index (χ4n) is 4.15. The minimum absolute atomic E-state index is 0.115. The quantitative estimate of drug-likeness (QED) is 0.389. The number of rotatable bonds is 7. The number of nitrogens with zero attached hydrogens (tertiary/aromatic N) is 5. The summed E-state index contributed by atoms with van der Waals surface area (Å²) in [5, 5.41) is 7.55. The number of hydrogen-bond donors (Lipinski definition) is 2. The summed E-state index contributed by atoms with van der Waals surface area (Å²) in [6, 6.07) is 14.8. The Kier molecular flexibility index (Phi) is 5.54. The molecule has 0 aliphatic rings. The fraction of sp³-hybridized carbons (Fsp3) is 0.208. The Labute approximate surface area is 193 Å². The summed E-state index contributed by atoms with van der Waals surface area (Å²) >= 11 is 0. The van der Waals surface area contributed by atoms with Crippen molar-refractivity contribution in [3.63, 3.8) is 0 Å². The highest BCUT2D eigenvalue weighted by Gasteiger charge is 2.16. The summed E-state index contributed by atoms with van der Waals surface area (Å²) in [4.78, 5) is 44.6. The Balaban J connectivity index is 1.40. The van der Waals surface area contributed by atoms with Crippen LogP contribution in [-0.4, -0.2) is 34.8 Å². The van der Waals surface area contributed by atoms with Gasteiger partial charge in [-0.2, -0.15) is 5.10 Å². The molecule has 0 aliphatic heterocycles. The van der Waals surface area contributed by atoms with Crippen molar-refractivity contribution in [2.75, 3.05) is 5.32 Å². The monoisotopic (exact) mass is 457 g/mol. The van der Waals surface area contributed by atoms with Crippen LogP contribution in [0.1, 0.15) is 19.8 Å². The maximum absolute atomic E-state index is 13.0. The third kappa shape index (κ3) is 3.68. The predicted octanol–water partition coefficient (Wildman–Crippen LogP) is 2.66. The zero-order valence-corrected chi connectivity index (χ0v) is 18.6. The average molecular weight is 457 g/mol. The zero-order chi connectivity index (χ0) is 23.7. The number of carbonyl (C=O) groups is 1. The maximum atomic E-state index is 13.0. The molecule has 1 amide bonds. The van der Waals surface area contributed by atoms with E-state index in [4.69, 9.17) is 0 Å². The molecule has 3 aromatic heterocycles. The van der Waals surface area contributed by atoms with E-state index in [9.17, 15) is 14.4 Å². The highest BCUT2D eigenvalue weighted by Crippen LogP contribution is 2.22. The van der Waals surface area contributed by atoms with Crippen LogP contribution in [0, 0.1) is 0 Å². The number of anilines is 1. The second kappa shape index (κ2) is 8.81. The first-order chi connectivity index (χ1) is 16.6. The number of fused-ring (bicyclic) bond motifs is 2. The standard InChI is InChI=1S/C24H23N7O3/c1-2-12-29-19-9-5-6-10-20(19)30(24(29)34)13-11-21(32)28-17-7-3-4-8-18(17)31-22-16(14-27-31)23(33)26-15-25-22/h3-10,14-15H,2,11-13H2,1H3,(H,28,32)(H,25,26,33). The number of imidazole rings is 1. The minimum Gasteiger partial charge on any atom is -0.324 e. The Hall–Kier alpha value is -4.47. The van der Waals surface area contributed by atoms with Gasteiger partial charge in [0.05, 0.1) is 34.9 Å². The van der Waals surface area contributed by atoms with E-state index in [1.54, 1.807) is 27.3 Å². The molecule has 2 N–H and O–H groups in total. The SMILES string of the molecule is CCCn1c(=O)n(CCC(=O)Nc2ccccc2-n2ncc3c(=O)[nH]cnc32)c2ccccc21. The number of hydrogen-bond acceptors (Lipinski definition) is 5. The number of H-pyrrole nitrogens is 1. The molecule has 3 heterocycles. The van der Waals surface area contributed by atoms with Crippen LogP contribution in [0.4, 0.5) is 5.69 Å². The third-order valence-corrected chi connectivity index (χ3v) is 5.71. The van der Waals surface area contributed by atoms with Gasteiger partial charge in [-0.05, 0) is 30.7 Å². The predicted molar refractivity (Wildman–Crippen MR) is 129 cm³/mol. The van der Waals surface area contributed by atoms with Crippen molar-refractivity contribution < 1.29 is 4.79 Å². The summed E-state index contributed by atoms with van der Waals surface area (Å²) in [5.41, 5.74) is 2.78. The van der Waals surface area contributed by atoms with Crippen LogP contribution in [-0.2, 0) is 17.9 Å². The summed E-state index contributed by atoms with van der Waals surface area (Å²) in [6.45, 7) is 2.91. The average Bonchev–Trinajstić information content (AvgIpc) is 3.39. The van der Waals surface area contributed by atoms with Crippen LogP contribution in [0.2, 0.25) is 0 Å². The molecule has 0 atom stereocenters. The van der Waals surface area contributed by atoms with E-state index in [-0.39, 0.29) is 30.1 Å². The molecule has 5 rings (SSSR count). The molecular formula is C24H23N7O3. The highest BCUT2D eigenvalue weighted by atomic mass is 16.2. The van der Waals surface area contributed by atoms with Crippen LogP contribution < -0.4 is 16.6 Å². The lowest BCUT2D eigenvalue weighted by Crippen LogP contribution is -2.26. The number of aryl methyl sites for hydroxylation is 2. The first-order valence-corrected chi connectivity index (χ1v) is 11.1. The van der Waals surface area contributed by atoms with Crippen molar-refractivity contribution in [1.82, 2.24) is 28.9 Å². The molecule has 0 radical (unpaired) electrons. The lowest BCUT2D eigenvalue weighted by atomic mass is 10.2. The Morgan fingerprint density at radius 3 is 2.47 bits per heavy atom. The van der Waals surface area contributed by atoms with Gasteiger partial charge in [-0.3, -0.25) is 18.7 Å². The Bertz CT molecular complexity index is 1620. The van der Waals surface area contributed by atoms with Gasteiger partial charge < -0.3 is 10.3 Å².